The number of methoxy groups -OCH3 is 5. The molecule has 0 radical (unpaired) electrons. The topological polar surface area (TPSA) is 122 Å². The van der Waals surface area contributed by atoms with Crippen LogP contribution in [0, 0.1) is 0 Å². The average Bonchev–Trinajstić information content (AvgIpc) is 2.56. The minimum Gasteiger partial charge on any atom is -0.748 e. The molecule has 26 heavy (non-hydrogen) atoms. The Morgan fingerprint density at radius 3 is 2.04 bits per heavy atom. The average molecular weight is 408 g/mol. The Kier molecular flexibility index (Phi) is 12.5. The molecule has 5 atom stereocenters. The van der Waals surface area contributed by atoms with Crippen molar-refractivity contribution in [2.75, 3.05) is 47.9 Å². The molecule has 0 N–H and O–H groups in total. The van der Waals surface area contributed by atoms with E-state index in [1.807, 2.05) is 0 Å². The number of ether oxygens (including phenoxy) is 7. The zero-order chi connectivity index (χ0) is 19.0. The van der Waals surface area contributed by atoms with E-state index in [2.05, 4.69) is 0 Å². The SMILES string of the molecule is COC=C(COC1OC(CS(=O)(=O)[O-])C(OC)C(OC)C1OC)OC.[Na+]. The van der Waals surface area contributed by atoms with Crippen LogP contribution in [0.15, 0.2) is 12.0 Å². The van der Waals surface area contributed by atoms with Gasteiger partial charge in [0, 0.05) is 21.3 Å². The Labute approximate surface area is 176 Å². The van der Waals surface area contributed by atoms with Gasteiger partial charge in [-0.3, -0.25) is 0 Å². The van der Waals surface area contributed by atoms with Crippen molar-refractivity contribution in [3.05, 3.63) is 12.0 Å². The second-order valence-corrected chi connectivity index (χ2v) is 6.65. The molecule has 148 valence electrons. The zero-order valence-corrected chi connectivity index (χ0v) is 18.7. The molecule has 0 aliphatic carbocycles. The second-order valence-electron chi connectivity index (χ2n) is 5.20. The van der Waals surface area contributed by atoms with Gasteiger partial charge in [-0.25, -0.2) is 8.42 Å². The van der Waals surface area contributed by atoms with E-state index in [-0.39, 0.29) is 36.2 Å². The van der Waals surface area contributed by atoms with E-state index in [0.29, 0.717) is 5.76 Å². The summed E-state index contributed by atoms with van der Waals surface area (Å²) < 4.78 is 70.6. The molecule has 5 unspecified atom stereocenters. The summed E-state index contributed by atoms with van der Waals surface area (Å²) in [6.45, 7) is -0.0280. The summed E-state index contributed by atoms with van der Waals surface area (Å²) in [5, 5.41) is 0. The Morgan fingerprint density at radius 1 is 1.04 bits per heavy atom. The quantitative estimate of drug-likeness (QED) is 0.204. The first kappa shape index (κ1) is 26.1. The Bertz CT molecular complexity index is 526. The molecule has 1 aliphatic rings. The summed E-state index contributed by atoms with van der Waals surface area (Å²) in [6.07, 6.45) is -3.00. The smallest absolute Gasteiger partial charge is 0.748 e. The summed E-state index contributed by atoms with van der Waals surface area (Å²) in [5.74, 6) is -0.413. The minimum atomic E-state index is -4.55. The van der Waals surface area contributed by atoms with Crippen LogP contribution in [-0.2, 0) is 43.3 Å². The van der Waals surface area contributed by atoms with Gasteiger partial charge in [-0.15, -0.1) is 0 Å². The molecule has 0 aromatic heterocycles. The fraction of sp³-hybridized carbons (Fsp3) is 0.857. The molecule has 0 aromatic rings. The van der Waals surface area contributed by atoms with Crippen LogP contribution in [0.1, 0.15) is 0 Å². The standard InChI is InChI=1S/C14H26O10S.Na/c1-18-6-9(19-2)7-23-14-13(22-5)12(21-4)11(20-3)10(24-14)8-25(15,16)17;/h6,10-14H,7-8H2,1-5H3,(H,15,16,17);/q;+1/p-1. The molecule has 0 bridgehead atoms. The Morgan fingerprint density at radius 2 is 1.62 bits per heavy atom. The third-order valence-corrected chi connectivity index (χ3v) is 4.41. The van der Waals surface area contributed by atoms with Gasteiger partial charge in [0.15, 0.2) is 12.0 Å². The molecule has 10 nitrogen and oxygen atoms in total. The largest absolute Gasteiger partial charge is 1.00 e. The van der Waals surface area contributed by atoms with Crippen LogP contribution in [0.25, 0.3) is 0 Å². The van der Waals surface area contributed by atoms with Crippen LogP contribution >= 0.6 is 0 Å². The maximum atomic E-state index is 11.2. The van der Waals surface area contributed by atoms with Crippen molar-refractivity contribution in [2.24, 2.45) is 0 Å². The maximum absolute atomic E-state index is 11.2. The normalized spacial score (nSPS) is 29.8. The Balaban J connectivity index is 0.00000625. The zero-order valence-electron chi connectivity index (χ0n) is 15.9. The van der Waals surface area contributed by atoms with Gasteiger partial charge in [0.25, 0.3) is 0 Å². The number of hydrogen-bond acceptors (Lipinski definition) is 10. The van der Waals surface area contributed by atoms with Crippen LogP contribution in [0.3, 0.4) is 0 Å². The first-order valence-corrected chi connectivity index (χ1v) is 8.93. The van der Waals surface area contributed by atoms with E-state index < -0.39 is 46.6 Å². The molecular formula is C14H25NaO10S. The molecule has 1 rings (SSSR count). The first-order valence-electron chi connectivity index (χ1n) is 7.36. The van der Waals surface area contributed by atoms with Crippen LogP contribution in [0.5, 0.6) is 0 Å². The van der Waals surface area contributed by atoms with Gasteiger partial charge in [-0.2, -0.15) is 0 Å². The van der Waals surface area contributed by atoms with Gasteiger partial charge in [0.05, 0.1) is 30.1 Å². The fourth-order valence-corrected chi connectivity index (χ4v) is 3.26. The van der Waals surface area contributed by atoms with E-state index in [1.54, 1.807) is 0 Å². The van der Waals surface area contributed by atoms with Crippen LogP contribution in [-0.4, -0.2) is 91.6 Å². The van der Waals surface area contributed by atoms with Gasteiger partial charge in [0.1, 0.15) is 37.3 Å². The molecule has 0 aromatic carbocycles. The van der Waals surface area contributed by atoms with Crippen molar-refractivity contribution in [1.82, 2.24) is 0 Å². The van der Waals surface area contributed by atoms with E-state index in [4.69, 9.17) is 33.2 Å². The van der Waals surface area contributed by atoms with E-state index in [1.165, 1.54) is 41.8 Å². The molecule has 12 heteroatoms. The molecule has 1 fully saturated rings. The van der Waals surface area contributed by atoms with Crippen LogP contribution in [0.2, 0.25) is 0 Å². The third kappa shape index (κ3) is 7.58. The van der Waals surface area contributed by atoms with Crippen molar-refractivity contribution < 1.29 is 75.7 Å². The van der Waals surface area contributed by atoms with Crippen molar-refractivity contribution in [3.8, 4) is 0 Å². The molecule has 1 heterocycles. The summed E-state index contributed by atoms with van der Waals surface area (Å²) >= 11 is 0. The van der Waals surface area contributed by atoms with Crippen molar-refractivity contribution in [2.45, 2.75) is 30.7 Å². The van der Waals surface area contributed by atoms with Gasteiger partial charge in [0.2, 0.25) is 0 Å². The van der Waals surface area contributed by atoms with Crippen LogP contribution in [0.4, 0.5) is 0 Å². The first-order chi connectivity index (χ1) is 11.8. The predicted octanol–water partition coefficient (Wildman–Crippen LogP) is -3.54. The van der Waals surface area contributed by atoms with Gasteiger partial charge < -0.3 is 37.7 Å². The van der Waals surface area contributed by atoms with Gasteiger partial charge >= 0.3 is 29.6 Å². The fourth-order valence-electron chi connectivity index (χ4n) is 2.59. The monoisotopic (exact) mass is 408 g/mol. The van der Waals surface area contributed by atoms with E-state index >= 15 is 0 Å². The van der Waals surface area contributed by atoms with Gasteiger partial charge in [-0.1, -0.05) is 0 Å². The Hall–Kier alpha value is 0.0500. The van der Waals surface area contributed by atoms with E-state index in [0.717, 1.165) is 0 Å². The van der Waals surface area contributed by atoms with Crippen molar-refractivity contribution in [1.29, 1.82) is 0 Å². The number of hydrogen-bond donors (Lipinski definition) is 0. The molecule has 1 saturated heterocycles. The summed E-state index contributed by atoms with van der Waals surface area (Å²) in [5.41, 5.74) is 0. The van der Waals surface area contributed by atoms with Crippen molar-refractivity contribution in [3.63, 3.8) is 0 Å². The van der Waals surface area contributed by atoms with Crippen LogP contribution < -0.4 is 29.6 Å². The molecule has 0 saturated carbocycles. The second kappa shape index (κ2) is 12.5. The molecule has 0 amide bonds. The summed E-state index contributed by atoms with van der Waals surface area (Å²) in [4.78, 5) is 0. The van der Waals surface area contributed by atoms with Gasteiger partial charge in [-0.05, 0) is 0 Å². The molecule has 0 spiro atoms. The number of rotatable bonds is 10. The molecule has 1 aliphatic heterocycles. The molecular weight excluding hydrogens is 383 g/mol. The van der Waals surface area contributed by atoms with E-state index in [9.17, 15) is 13.0 Å². The summed E-state index contributed by atoms with van der Waals surface area (Å²) in [6, 6.07) is 0. The summed E-state index contributed by atoms with van der Waals surface area (Å²) in [7, 11) is 2.54. The maximum Gasteiger partial charge on any atom is 1.00 e. The minimum absolute atomic E-state index is 0. The predicted molar refractivity (Wildman–Crippen MR) is 83.7 cm³/mol. The third-order valence-electron chi connectivity index (χ3n) is 3.68. The van der Waals surface area contributed by atoms with Crippen molar-refractivity contribution >= 4 is 10.1 Å².